The topological polar surface area (TPSA) is 63.3 Å². The smallest absolute Gasteiger partial charge is 0.248 e. The minimum atomic E-state index is -0.548. The Morgan fingerprint density at radius 3 is 2.64 bits per heavy atom. The number of amides is 1. The van der Waals surface area contributed by atoms with E-state index in [0.29, 0.717) is 10.0 Å². The second kappa shape index (κ2) is 2.92. The van der Waals surface area contributed by atoms with Gasteiger partial charge in [-0.1, -0.05) is 0 Å². The van der Waals surface area contributed by atoms with Gasteiger partial charge in [-0.15, -0.1) is 0 Å². The molecule has 3 N–H and O–H groups in total. The average Bonchev–Trinajstić information content (AvgIpc) is 1.94. The lowest BCUT2D eigenvalue weighted by Crippen LogP contribution is -2.10. The van der Waals surface area contributed by atoms with E-state index in [9.17, 15) is 4.79 Å². The molecule has 1 aromatic rings. The molecule has 1 rings (SSSR count). The number of aromatic hydroxyl groups is 1. The van der Waals surface area contributed by atoms with Crippen LogP contribution in [0.3, 0.4) is 0 Å². The molecular formula is C7H6BrNO2. The Morgan fingerprint density at radius 2 is 2.18 bits per heavy atom. The molecule has 58 valence electrons. The molecule has 0 atom stereocenters. The quantitative estimate of drug-likeness (QED) is 0.741. The summed E-state index contributed by atoms with van der Waals surface area (Å²) in [6, 6.07) is 4.41. The summed E-state index contributed by atoms with van der Waals surface area (Å²) in [6.07, 6.45) is 0. The summed E-state index contributed by atoms with van der Waals surface area (Å²) in [5, 5.41) is 9.09. The SMILES string of the molecule is NC(=O)c1ccc(Br)c(O)c1. The number of hydrogen-bond acceptors (Lipinski definition) is 2. The highest BCUT2D eigenvalue weighted by atomic mass is 79.9. The Kier molecular flexibility index (Phi) is 2.14. The number of benzene rings is 1. The Hall–Kier alpha value is -1.03. The predicted octanol–water partition coefficient (Wildman–Crippen LogP) is 1.25. The monoisotopic (exact) mass is 215 g/mol. The lowest BCUT2D eigenvalue weighted by molar-refractivity contribution is 0.1000. The Bertz CT molecular complexity index is 298. The van der Waals surface area contributed by atoms with E-state index in [1.165, 1.54) is 12.1 Å². The van der Waals surface area contributed by atoms with Crippen molar-refractivity contribution in [3.05, 3.63) is 28.2 Å². The molecule has 0 unspecified atom stereocenters. The number of phenols is 1. The van der Waals surface area contributed by atoms with Gasteiger partial charge < -0.3 is 10.8 Å². The summed E-state index contributed by atoms with van der Waals surface area (Å²) < 4.78 is 0.544. The van der Waals surface area contributed by atoms with Crippen LogP contribution < -0.4 is 5.73 Å². The largest absolute Gasteiger partial charge is 0.507 e. The number of carbonyl (C=O) groups is 1. The maximum atomic E-state index is 10.6. The number of phenolic OH excluding ortho intramolecular Hbond substituents is 1. The zero-order valence-electron chi connectivity index (χ0n) is 5.54. The van der Waals surface area contributed by atoms with Gasteiger partial charge in [0.1, 0.15) is 5.75 Å². The third kappa shape index (κ3) is 1.71. The van der Waals surface area contributed by atoms with Crippen molar-refractivity contribution < 1.29 is 9.90 Å². The molecule has 0 bridgehead atoms. The molecule has 0 saturated heterocycles. The highest BCUT2D eigenvalue weighted by Crippen LogP contribution is 2.23. The first-order chi connectivity index (χ1) is 5.11. The fraction of sp³-hybridized carbons (Fsp3) is 0. The Labute approximate surface area is 72.0 Å². The molecule has 0 heterocycles. The zero-order valence-corrected chi connectivity index (χ0v) is 7.13. The number of nitrogens with two attached hydrogens (primary N) is 1. The van der Waals surface area contributed by atoms with Crippen LogP contribution in [0.5, 0.6) is 5.75 Å². The molecule has 0 aliphatic carbocycles. The number of hydrogen-bond donors (Lipinski definition) is 2. The molecule has 0 spiro atoms. The van der Waals surface area contributed by atoms with Crippen molar-refractivity contribution in [2.24, 2.45) is 5.73 Å². The van der Waals surface area contributed by atoms with Crippen LogP contribution in [0.25, 0.3) is 0 Å². The summed E-state index contributed by atoms with van der Waals surface area (Å²) in [7, 11) is 0. The molecule has 0 aliphatic rings. The Morgan fingerprint density at radius 1 is 1.55 bits per heavy atom. The van der Waals surface area contributed by atoms with Crippen LogP contribution in [0.1, 0.15) is 10.4 Å². The Balaban J connectivity index is 3.15. The third-order valence-electron chi connectivity index (χ3n) is 1.23. The van der Waals surface area contributed by atoms with E-state index in [0.717, 1.165) is 0 Å². The van der Waals surface area contributed by atoms with Crippen molar-refractivity contribution in [1.82, 2.24) is 0 Å². The van der Waals surface area contributed by atoms with Crippen LogP contribution in [-0.2, 0) is 0 Å². The molecule has 4 heteroatoms. The number of rotatable bonds is 1. The van der Waals surface area contributed by atoms with E-state index in [1.807, 2.05) is 0 Å². The van der Waals surface area contributed by atoms with Gasteiger partial charge in [-0.05, 0) is 34.1 Å². The molecule has 0 aromatic heterocycles. The molecule has 11 heavy (non-hydrogen) atoms. The van der Waals surface area contributed by atoms with Gasteiger partial charge in [-0.2, -0.15) is 0 Å². The van der Waals surface area contributed by atoms with Gasteiger partial charge in [0.2, 0.25) is 5.91 Å². The molecule has 1 amide bonds. The van der Waals surface area contributed by atoms with Crippen molar-refractivity contribution in [2.45, 2.75) is 0 Å². The molecule has 0 fully saturated rings. The van der Waals surface area contributed by atoms with E-state index in [2.05, 4.69) is 15.9 Å². The first-order valence-corrected chi connectivity index (χ1v) is 3.69. The van der Waals surface area contributed by atoms with E-state index in [1.54, 1.807) is 6.07 Å². The number of halogens is 1. The fourth-order valence-electron chi connectivity index (χ4n) is 0.666. The van der Waals surface area contributed by atoms with Crippen molar-refractivity contribution in [3.63, 3.8) is 0 Å². The maximum absolute atomic E-state index is 10.6. The van der Waals surface area contributed by atoms with Crippen molar-refractivity contribution in [3.8, 4) is 5.75 Å². The summed E-state index contributed by atoms with van der Waals surface area (Å²) in [6.45, 7) is 0. The van der Waals surface area contributed by atoms with Gasteiger partial charge in [0, 0.05) is 5.56 Å². The summed E-state index contributed by atoms with van der Waals surface area (Å²) in [4.78, 5) is 10.6. The minimum Gasteiger partial charge on any atom is -0.507 e. The highest BCUT2D eigenvalue weighted by molar-refractivity contribution is 9.10. The van der Waals surface area contributed by atoms with Crippen molar-refractivity contribution in [2.75, 3.05) is 0 Å². The lowest BCUT2D eigenvalue weighted by Gasteiger charge is -1.97. The van der Waals surface area contributed by atoms with Crippen LogP contribution in [-0.4, -0.2) is 11.0 Å². The van der Waals surface area contributed by atoms with E-state index < -0.39 is 5.91 Å². The van der Waals surface area contributed by atoms with E-state index in [4.69, 9.17) is 10.8 Å². The van der Waals surface area contributed by atoms with Gasteiger partial charge in [0.15, 0.2) is 0 Å². The van der Waals surface area contributed by atoms with Gasteiger partial charge in [0.05, 0.1) is 4.47 Å². The number of primary amides is 1. The average molecular weight is 216 g/mol. The van der Waals surface area contributed by atoms with E-state index in [-0.39, 0.29) is 5.75 Å². The fourth-order valence-corrected chi connectivity index (χ4v) is 0.913. The first kappa shape index (κ1) is 8.07. The van der Waals surface area contributed by atoms with Crippen LogP contribution in [0.15, 0.2) is 22.7 Å². The van der Waals surface area contributed by atoms with Crippen LogP contribution >= 0.6 is 15.9 Å². The van der Waals surface area contributed by atoms with Crippen molar-refractivity contribution >= 4 is 21.8 Å². The predicted molar refractivity (Wildman–Crippen MR) is 44.3 cm³/mol. The van der Waals surface area contributed by atoms with Gasteiger partial charge >= 0.3 is 0 Å². The first-order valence-electron chi connectivity index (χ1n) is 2.89. The third-order valence-corrected chi connectivity index (χ3v) is 1.90. The van der Waals surface area contributed by atoms with E-state index >= 15 is 0 Å². The number of carbonyl (C=O) groups excluding carboxylic acids is 1. The minimum absolute atomic E-state index is 0.0151. The van der Waals surface area contributed by atoms with Crippen LogP contribution in [0.2, 0.25) is 0 Å². The van der Waals surface area contributed by atoms with Gasteiger partial charge in [-0.25, -0.2) is 0 Å². The van der Waals surface area contributed by atoms with Crippen LogP contribution in [0.4, 0.5) is 0 Å². The summed E-state index contributed by atoms with van der Waals surface area (Å²) in [5.41, 5.74) is 5.26. The maximum Gasteiger partial charge on any atom is 0.248 e. The molecular weight excluding hydrogens is 210 g/mol. The van der Waals surface area contributed by atoms with Gasteiger partial charge in [-0.3, -0.25) is 4.79 Å². The zero-order chi connectivity index (χ0) is 8.43. The highest BCUT2D eigenvalue weighted by Gasteiger charge is 2.02. The van der Waals surface area contributed by atoms with Crippen molar-refractivity contribution in [1.29, 1.82) is 0 Å². The van der Waals surface area contributed by atoms with Crippen LogP contribution in [0, 0.1) is 0 Å². The lowest BCUT2D eigenvalue weighted by atomic mass is 10.2. The molecule has 3 nitrogen and oxygen atoms in total. The standard InChI is InChI=1S/C7H6BrNO2/c8-5-2-1-4(7(9)11)3-6(5)10/h1-3,10H,(H2,9,11). The van der Waals surface area contributed by atoms with Gasteiger partial charge in [0.25, 0.3) is 0 Å². The molecule has 0 radical (unpaired) electrons. The molecule has 0 aliphatic heterocycles. The second-order valence-corrected chi connectivity index (χ2v) is 2.88. The normalized spacial score (nSPS) is 9.55. The molecule has 0 saturated carbocycles. The summed E-state index contributed by atoms with van der Waals surface area (Å²) in [5.74, 6) is -0.533. The second-order valence-electron chi connectivity index (χ2n) is 2.03. The molecule has 1 aromatic carbocycles. The summed E-state index contributed by atoms with van der Waals surface area (Å²) >= 11 is 3.08.